The number of piperidine rings is 1. The van der Waals surface area contributed by atoms with E-state index in [9.17, 15) is 13.2 Å². The van der Waals surface area contributed by atoms with Crippen molar-refractivity contribution in [2.24, 2.45) is 5.92 Å². The highest BCUT2D eigenvalue weighted by Gasteiger charge is 2.32. The highest BCUT2D eigenvalue weighted by Crippen LogP contribution is 2.31. The van der Waals surface area contributed by atoms with Crippen LogP contribution in [-0.2, 0) is 21.2 Å². The van der Waals surface area contributed by atoms with Gasteiger partial charge < -0.3 is 14.8 Å². The van der Waals surface area contributed by atoms with Gasteiger partial charge in [-0.15, -0.1) is 0 Å². The van der Waals surface area contributed by atoms with E-state index in [1.54, 1.807) is 0 Å². The summed E-state index contributed by atoms with van der Waals surface area (Å²) in [5, 5.41) is 3.07. The maximum atomic E-state index is 13.0. The summed E-state index contributed by atoms with van der Waals surface area (Å²) < 4.78 is 38.7. The SMILES string of the molecule is CCOc1ccc([C@H](C)NC(=O)[C@H]2CCCN(S(=O)(=O)CCCc3ccccc3)C2)cc1OCC. The molecule has 0 aliphatic carbocycles. The fourth-order valence-electron chi connectivity index (χ4n) is 4.39. The Balaban J connectivity index is 1.57. The number of ether oxygens (including phenoxy) is 2. The van der Waals surface area contributed by atoms with Crippen LogP contribution in [0.2, 0.25) is 0 Å². The van der Waals surface area contributed by atoms with Crippen molar-refractivity contribution in [3.05, 3.63) is 59.7 Å². The molecule has 1 amide bonds. The van der Waals surface area contributed by atoms with Crippen molar-refractivity contribution >= 4 is 15.9 Å². The summed E-state index contributed by atoms with van der Waals surface area (Å²) in [6.45, 7) is 7.52. The van der Waals surface area contributed by atoms with Crippen LogP contribution in [-0.4, -0.2) is 50.7 Å². The zero-order valence-corrected chi connectivity index (χ0v) is 21.9. The molecule has 1 saturated heterocycles. The lowest BCUT2D eigenvalue weighted by atomic mass is 9.98. The van der Waals surface area contributed by atoms with Crippen LogP contribution in [0.1, 0.15) is 57.2 Å². The third-order valence-corrected chi connectivity index (χ3v) is 8.21. The number of amides is 1. The second kappa shape index (κ2) is 12.9. The largest absolute Gasteiger partial charge is 0.490 e. The van der Waals surface area contributed by atoms with Crippen LogP contribution in [0, 0.1) is 5.92 Å². The molecule has 0 radical (unpaired) electrons. The highest BCUT2D eigenvalue weighted by atomic mass is 32.2. The van der Waals surface area contributed by atoms with Gasteiger partial charge in [-0.25, -0.2) is 12.7 Å². The molecule has 1 aliphatic heterocycles. The molecule has 0 unspecified atom stereocenters. The summed E-state index contributed by atoms with van der Waals surface area (Å²) in [7, 11) is -3.40. The molecular formula is C27H38N2O5S. The molecule has 2 aromatic rings. The Labute approximate surface area is 209 Å². The predicted molar refractivity (Wildman–Crippen MR) is 138 cm³/mol. The van der Waals surface area contributed by atoms with Gasteiger partial charge in [-0.2, -0.15) is 0 Å². The van der Waals surface area contributed by atoms with E-state index in [1.165, 1.54) is 4.31 Å². The van der Waals surface area contributed by atoms with Gasteiger partial charge in [-0.1, -0.05) is 36.4 Å². The van der Waals surface area contributed by atoms with E-state index in [1.807, 2.05) is 69.3 Å². The molecule has 0 aromatic heterocycles. The van der Waals surface area contributed by atoms with Gasteiger partial charge in [-0.05, 0) is 69.7 Å². The van der Waals surface area contributed by atoms with E-state index < -0.39 is 10.0 Å². The molecule has 192 valence electrons. The number of nitrogens with one attached hydrogen (secondary N) is 1. The molecule has 3 rings (SSSR count). The van der Waals surface area contributed by atoms with E-state index in [0.29, 0.717) is 50.5 Å². The zero-order chi connectivity index (χ0) is 25.3. The maximum absolute atomic E-state index is 13.0. The van der Waals surface area contributed by atoms with E-state index in [0.717, 1.165) is 17.5 Å². The summed E-state index contributed by atoms with van der Waals surface area (Å²) in [5.74, 6) is 0.951. The first-order chi connectivity index (χ1) is 16.8. The fraction of sp³-hybridized carbons (Fsp3) is 0.519. The minimum atomic E-state index is -3.40. The number of aryl methyl sites for hydroxylation is 1. The molecule has 1 heterocycles. The topological polar surface area (TPSA) is 84.9 Å². The molecule has 1 fully saturated rings. The Morgan fingerprint density at radius 3 is 2.51 bits per heavy atom. The number of carbonyl (C=O) groups excluding carboxylic acids is 1. The number of benzene rings is 2. The number of carbonyl (C=O) groups is 1. The molecule has 0 spiro atoms. The molecule has 8 heteroatoms. The van der Waals surface area contributed by atoms with Gasteiger partial charge in [0.1, 0.15) is 0 Å². The molecule has 7 nitrogen and oxygen atoms in total. The maximum Gasteiger partial charge on any atom is 0.224 e. The minimum Gasteiger partial charge on any atom is -0.490 e. The number of hydrogen-bond acceptors (Lipinski definition) is 5. The average molecular weight is 503 g/mol. The number of nitrogens with zero attached hydrogens (tertiary/aromatic N) is 1. The monoisotopic (exact) mass is 502 g/mol. The van der Waals surface area contributed by atoms with Crippen molar-refractivity contribution < 1.29 is 22.7 Å². The van der Waals surface area contributed by atoms with E-state index in [2.05, 4.69) is 5.32 Å². The van der Waals surface area contributed by atoms with Crippen LogP contribution in [0.15, 0.2) is 48.5 Å². The van der Waals surface area contributed by atoms with Crippen molar-refractivity contribution in [3.63, 3.8) is 0 Å². The molecule has 0 saturated carbocycles. The standard InChI is InChI=1S/C27H38N2O5S/c1-4-33-25-16-15-23(19-26(25)34-5-2)21(3)28-27(30)24-14-9-17-29(20-24)35(31,32)18-10-13-22-11-7-6-8-12-22/h6-8,11-12,15-16,19,21,24H,4-5,9-10,13-14,17-18,20H2,1-3H3,(H,28,30)/t21-,24-/m0/s1. The summed E-state index contributed by atoms with van der Waals surface area (Å²) in [4.78, 5) is 13.0. The van der Waals surface area contributed by atoms with Gasteiger partial charge in [-0.3, -0.25) is 4.79 Å². The smallest absolute Gasteiger partial charge is 0.224 e. The lowest BCUT2D eigenvalue weighted by Gasteiger charge is -2.32. The van der Waals surface area contributed by atoms with Crippen molar-refractivity contribution in [2.75, 3.05) is 32.1 Å². The first-order valence-corrected chi connectivity index (χ1v) is 14.2. The van der Waals surface area contributed by atoms with E-state index in [-0.39, 0.29) is 30.2 Å². The summed E-state index contributed by atoms with van der Waals surface area (Å²) in [5.41, 5.74) is 2.04. The van der Waals surface area contributed by atoms with Crippen LogP contribution >= 0.6 is 0 Å². The summed E-state index contributed by atoms with van der Waals surface area (Å²) >= 11 is 0. The molecule has 2 aromatic carbocycles. The van der Waals surface area contributed by atoms with Gasteiger partial charge in [0.15, 0.2) is 11.5 Å². The van der Waals surface area contributed by atoms with Gasteiger partial charge in [0.05, 0.1) is 30.9 Å². The Kier molecular flexibility index (Phi) is 9.98. The van der Waals surface area contributed by atoms with Crippen LogP contribution in [0.5, 0.6) is 11.5 Å². The third kappa shape index (κ3) is 7.70. The number of sulfonamides is 1. The second-order valence-corrected chi connectivity index (χ2v) is 11.0. The Morgan fingerprint density at radius 1 is 1.09 bits per heavy atom. The van der Waals surface area contributed by atoms with Crippen LogP contribution < -0.4 is 14.8 Å². The first-order valence-electron chi connectivity index (χ1n) is 12.6. The van der Waals surface area contributed by atoms with Gasteiger partial charge in [0.2, 0.25) is 15.9 Å². The lowest BCUT2D eigenvalue weighted by Crippen LogP contribution is -2.46. The van der Waals surface area contributed by atoms with Crippen molar-refractivity contribution in [1.82, 2.24) is 9.62 Å². The Bertz CT molecular complexity index is 1060. The predicted octanol–water partition coefficient (Wildman–Crippen LogP) is 4.34. The van der Waals surface area contributed by atoms with Gasteiger partial charge in [0, 0.05) is 13.1 Å². The highest BCUT2D eigenvalue weighted by molar-refractivity contribution is 7.89. The first kappa shape index (κ1) is 27.0. The molecule has 1 N–H and O–H groups in total. The third-order valence-electron chi connectivity index (χ3n) is 6.29. The van der Waals surface area contributed by atoms with Crippen LogP contribution in [0.25, 0.3) is 0 Å². The minimum absolute atomic E-state index is 0.0963. The summed E-state index contributed by atoms with van der Waals surface area (Å²) in [6.07, 6.45) is 2.65. The quantitative estimate of drug-likeness (QED) is 0.467. The Morgan fingerprint density at radius 2 is 1.80 bits per heavy atom. The number of hydrogen-bond donors (Lipinski definition) is 1. The van der Waals surface area contributed by atoms with Gasteiger partial charge in [0.25, 0.3) is 0 Å². The summed E-state index contributed by atoms with van der Waals surface area (Å²) in [6, 6.07) is 15.3. The van der Waals surface area contributed by atoms with Gasteiger partial charge >= 0.3 is 0 Å². The van der Waals surface area contributed by atoms with E-state index >= 15 is 0 Å². The average Bonchev–Trinajstić information content (AvgIpc) is 2.86. The van der Waals surface area contributed by atoms with Crippen LogP contribution in [0.4, 0.5) is 0 Å². The van der Waals surface area contributed by atoms with Crippen LogP contribution in [0.3, 0.4) is 0 Å². The van der Waals surface area contributed by atoms with Crippen molar-refractivity contribution in [3.8, 4) is 11.5 Å². The Hall–Kier alpha value is -2.58. The van der Waals surface area contributed by atoms with E-state index in [4.69, 9.17) is 9.47 Å². The molecule has 2 atom stereocenters. The lowest BCUT2D eigenvalue weighted by molar-refractivity contribution is -0.126. The fourth-order valence-corrected chi connectivity index (χ4v) is 5.97. The molecule has 1 aliphatic rings. The second-order valence-electron chi connectivity index (χ2n) is 8.90. The molecule has 0 bridgehead atoms. The van der Waals surface area contributed by atoms with Crippen molar-refractivity contribution in [1.29, 1.82) is 0 Å². The normalized spacial score (nSPS) is 17.5. The zero-order valence-electron chi connectivity index (χ0n) is 21.0. The molecular weight excluding hydrogens is 464 g/mol. The number of rotatable bonds is 12. The molecule has 35 heavy (non-hydrogen) atoms. The van der Waals surface area contributed by atoms with Crippen molar-refractivity contribution in [2.45, 2.75) is 52.5 Å².